The topological polar surface area (TPSA) is 58.4 Å². The number of nitrogens with one attached hydrogen (secondary N) is 1. The Morgan fingerprint density at radius 2 is 2.13 bits per heavy atom. The molecule has 0 bridgehead atoms. The number of nitrogen functional groups attached to an aromatic ring is 1. The predicted octanol–water partition coefficient (Wildman–Crippen LogP) is 1.40. The Labute approximate surface area is 90.1 Å². The number of nitrogens with two attached hydrogens (primary N) is 1. The highest BCUT2D eigenvalue weighted by atomic mass is 16.2. The first kappa shape index (κ1) is 11.4. The van der Waals surface area contributed by atoms with E-state index < -0.39 is 0 Å². The molecular weight excluding hydrogens is 190 g/mol. The first-order chi connectivity index (χ1) is 7.06. The van der Waals surface area contributed by atoms with Crippen LogP contribution in [0.3, 0.4) is 0 Å². The Kier molecular flexibility index (Phi) is 3.55. The van der Waals surface area contributed by atoms with Crippen molar-refractivity contribution in [1.29, 1.82) is 0 Å². The number of anilines is 2. The highest BCUT2D eigenvalue weighted by Gasteiger charge is 2.09. The number of carbonyl (C=O) groups is 1. The molecule has 4 nitrogen and oxygen atoms in total. The molecule has 0 aliphatic rings. The molecule has 0 fully saturated rings. The van der Waals surface area contributed by atoms with Crippen LogP contribution in [0.1, 0.15) is 17.3 Å². The molecule has 1 rings (SSSR count). The van der Waals surface area contributed by atoms with Crippen molar-refractivity contribution >= 4 is 17.3 Å². The lowest BCUT2D eigenvalue weighted by atomic mass is 10.1. The Morgan fingerprint density at radius 1 is 1.47 bits per heavy atom. The predicted molar refractivity (Wildman–Crippen MR) is 63.0 cm³/mol. The fourth-order valence-corrected chi connectivity index (χ4v) is 1.31. The maximum atomic E-state index is 11.6. The normalized spacial score (nSPS) is 9.80. The number of nitrogens with zero attached hydrogens (tertiary/aromatic N) is 1. The third-order valence-corrected chi connectivity index (χ3v) is 2.07. The second kappa shape index (κ2) is 4.68. The van der Waals surface area contributed by atoms with Gasteiger partial charge >= 0.3 is 0 Å². The summed E-state index contributed by atoms with van der Waals surface area (Å²) in [5.41, 5.74) is 7.89. The molecule has 4 heteroatoms. The van der Waals surface area contributed by atoms with E-state index >= 15 is 0 Å². The van der Waals surface area contributed by atoms with Crippen molar-refractivity contribution in [3.63, 3.8) is 0 Å². The molecule has 0 saturated heterocycles. The molecule has 1 aromatic rings. The van der Waals surface area contributed by atoms with Gasteiger partial charge in [-0.3, -0.25) is 4.79 Å². The van der Waals surface area contributed by atoms with Gasteiger partial charge in [0.15, 0.2) is 0 Å². The van der Waals surface area contributed by atoms with E-state index in [1.54, 1.807) is 26.2 Å². The zero-order valence-corrected chi connectivity index (χ0v) is 9.37. The van der Waals surface area contributed by atoms with Gasteiger partial charge in [0.2, 0.25) is 0 Å². The molecule has 15 heavy (non-hydrogen) atoms. The number of hydrogen-bond donors (Lipinski definition) is 2. The lowest BCUT2D eigenvalue weighted by Crippen LogP contribution is -2.21. The summed E-state index contributed by atoms with van der Waals surface area (Å²) >= 11 is 0. The summed E-state index contributed by atoms with van der Waals surface area (Å²) in [7, 11) is 3.44. The van der Waals surface area contributed by atoms with Crippen LogP contribution in [0, 0.1) is 0 Å². The lowest BCUT2D eigenvalue weighted by molar-refractivity contribution is 0.0827. The van der Waals surface area contributed by atoms with Crippen LogP contribution in [0.4, 0.5) is 11.4 Å². The van der Waals surface area contributed by atoms with E-state index in [2.05, 4.69) is 5.32 Å². The molecular formula is C11H17N3O. The first-order valence-corrected chi connectivity index (χ1v) is 4.91. The molecule has 0 radical (unpaired) electrons. The Bertz CT molecular complexity index is 361. The van der Waals surface area contributed by atoms with Crippen molar-refractivity contribution in [1.82, 2.24) is 4.90 Å². The molecule has 0 heterocycles. The monoisotopic (exact) mass is 207 g/mol. The Hall–Kier alpha value is -1.71. The standard InChI is InChI=1S/C11H17N3O/c1-4-13-10-6-5-8(7-9(10)12)11(15)14(2)3/h5-7,13H,4,12H2,1-3H3. The van der Waals surface area contributed by atoms with E-state index in [0.717, 1.165) is 12.2 Å². The van der Waals surface area contributed by atoms with Gasteiger partial charge in [-0.1, -0.05) is 0 Å². The molecule has 0 aliphatic carbocycles. The average Bonchev–Trinajstić information content (AvgIpc) is 2.20. The van der Waals surface area contributed by atoms with Crippen LogP contribution in [-0.4, -0.2) is 31.4 Å². The van der Waals surface area contributed by atoms with Crippen LogP contribution >= 0.6 is 0 Å². The fraction of sp³-hybridized carbons (Fsp3) is 0.364. The molecule has 0 unspecified atom stereocenters. The van der Waals surface area contributed by atoms with Gasteiger partial charge in [-0.25, -0.2) is 0 Å². The maximum Gasteiger partial charge on any atom is 0.253 e. The summed E-state index contributed by atoms with van der Waals surface area (Å²) in [4.78, 5) is 13.1. The minimum atomic E-state index is -0.0373. The third kappa shape index (κ3) is 2.62. The van der Waals surface area contributed by atoms with Gasteiger partial charge in [-0.05, 0) is 25.1 Å². The minimum absolute atomic E-state index is 0.0373. The Balaban J connectivity index is 2.96. The molecule has 0 aromatic heterocycles. The molecule has 0 spiro atoms. The molecule has 3 N–H and O–H groups in total. The van der Waals surface area contributed by atoms with Crippen molar-refractivity contribution in [2.45, 2.75) is 6.92 Å². The van der Waals surface area contributed by atoms with Crippen LogP contribution in [0.25, 0.3) is 0 Å². The fourth-order valence-electron chi connectivity index (χ4n) is 1.31. The second-order valence-electron chi connectivity index (χ2n) is 3.53. The quantitative estimate of drug-likeness (QED) is 0.737. The molecule has 82 valence electrons. The van der Waals surface area contributed by atoms with Gasteiger partial charge < -0.3 is 16.0 Å². The van der Waals surface area contributed by atoms with Crippen molar-refractivity contribution < 1.29 is 4.79 Å². The highest BCUT2D eigenvalue weighted by Crippen LogP contribution is 2.20. The van der Waals surface area contributed by atoms with Crippen molar-refractivity contribution in [3.8, 4) is 0 Å². The van der Waals surface area contributed by atoms with Crippen LogP contribution in [-0.2, 0) is 0 Å². The second-order valence-corrected chi connectivity index (χ2v) is 3.53. The van der Waals surface area contributed by atoms with Crippen molar-refractivity contribution in [3.05, 3.63) is 23.8 Å². The zero-order chi connectivity index (χ0) is 11.4. The summed E-state index contributed by atoms with van der Waals surface area (Å²) in [6.07, 6.45) is 0. The summed E-state index contributed by atoms with van der Waals surface area (Å²) in [5.74, 6) is -0.0373. The number of rotatable bonds is 3. The smallest absolute Gasteiger partial charge is 0.253 e. The largest absolute Gasteiger partial charge is 0.397 e. The molecule has 1 amide bonds. The van der Waals surface area contributed by atoms with E-state index in [4.69, 9.17) is 5.73 Å². The van der Waals surface area contributed by atoms with Gasteiger partial charge in [0.1, 0.15) is 0 Å². The highest BCUT2D eigenvalue weighted by molar-refractivity contribution is 5.95. The molecule has 0 atom stereocenters. The van der Waals surface area contributed by atoms with Gasteiger partial charge in [0.25, 0.3) is 5.91 Å². The van der Waals surface area contributed by atoms with Gasteiger partial charge in [0.05, 0.1) is 11.4 Å². The van der Waals surface area contributed by atoms with Crippen LogP contribution < -0.4 is 11.1 Å². The van der Waals surface area contributed by atoms with E-state index in [0.29, 0.717) is 11.3 Å². The van der Waals surface area contributed by atoms with E-state index in [1.165, 1.54) is 4.90 Å². The third-order valence-electron chi connectivity index (χ3n) is 2.07. The summed E-state index contributed by atoms with van der Waals surface area (Å²) in [6, 6.07) is 5.30. The van der Waals surface area contributed by atoms with Crippen LogP contribution in [0.2, 0.25) is 0 Å². The molecule has 0 aliphatic heterocycles. The van der Waals surface area contributed by atoms with Crippen LogP contribution in [0.15, 0.2) is 18.2 Å². The van der Waals surface area contributed by atoms with Crippen LogP contribution in [0.5, 0.6) is 0 Å². The summed E-state index contributed by atoms with van der Waals surface area (Å²) in [6.45, 7) is 2.81. The maximum absolute atomic E-state index is 11.6. The van der Waals surface area contributed by atoms with E-state index in [9.17, 15) is 4.79 Å². The molecule has 0 saturated carbocycles. The van der Waals surface area contributed by atoms with E-state index in [1.807, 2.05) is 13.0 Å². The number of hydrogen-bond acceptors (Lipinski definition) is 3. The Morgan fingerprint density at radius 3 is 2.60 bits per heavy atom. The number of carbonyl (C=O) groups excluding carboxylic acids is 1. The zero-order valence-electron chi connectivity index (χ0n) is 9.37. The molecule has 1 aromatic carbocycles. The van der Waals surface area contributed by atoms with Crippen molar-refractivity contribution in [2.24, 2.45) is 0 Å². The SMILES string of the molecule is CCNc1ccc(C(=O)N(C)C)cc1N. The van der Waals surface area contributed by atoms with E-state index in [-0.39, 0.29) is 5.91 Å². The average molecular weight is 207 g/mol. The van der Waals surface area contributed by atoms with Crippen molar-refractivity contribution in [2.75, 3.05) is 31.7 Å². The van der Waals surface area contributed by atoms with Gasteiger partial charge in [0, 0.05) is 26.2 Å². The van der Waals surface area contributed by atoms with Gasteiger partial charge in [-0.15, -0.1) is 0 Å². The number of amides is 1. The first-order valence-electron chi connectivity index (χ1n) is 4.91. The minimum Gasteiger partial charge on any atom is -0.397 e. The van der Waals surface area contributed by atoms with Gasteiger partial charge in [-0.2, -0.15) is 0 Å². The summed E-state index contributed by atoms with van der Waals surface area (Å²) < 4.78 is 0. The summed E-state index contributed by atoms with van der Waals surface area (Å²) in [5, 5.41) is 3.12. The number of benzene rings is 1. The lowest BCUT2D eigenvalue weighted by Gasteiger charge is -2.12.